The maximum atomic E-state index is 5.15. The van der Waals surface area contributed by atoms with Crippen LogP contribution in [-0.4, -0.2) is 13.7 Å². The van der Waals surface area contributed by atoms with E-state index in [1.165, 1.54) is 24.7 Å². The van der Waals surface area contributed by atoms with Crippen LogP contribution in [0.15, 0.2) is 29.2 Å². The number of hydrogen-bond acceptors (Lipinski definition) is 4. The Bertz CT molecular complexity index is 269. The summed E-state index contributed by atoms with van der Waals surface area (Å²) >= 11 is 1.20. The normalized spacial score (nSPS) is 20.2. The molecule has 0 N–H and O–H groups in total. The van der Waals surface area contributed by atoms with E-state index in [1.54, 1.807) is 0 Å². The van der Waals surface area contributed by atoms with Gasteiger partial charge in [-0.05, 0) is 17.7 Å². The molecule has 4 heteroatoms. The molecule has 1 heterocycles. The van der Waals surface area contributed by atoms with E-state index in [4.69, 9.17) is 9.07 Å². The molecule has 3 nitrogen and oxygen atoms in total. The second kappa shape index (κ2) is 4.11. The number of benzene rings is 1. The molecule has 1 unspecified atom stereocenters. The summed E-state index contributed by atoms with van der Waals surface area (Å²) in [5.74, 6) is 0. The van der Waals surface area contributed by atoms with E-state index in [9.17, 15) is 0 Å². The second-order valence-corrected chi connectivity index (χ2v) is 3.48. The molecule has 13 heavy (non-hydrogen) atoms. The zero-order valence-corrected chi connectivity index (χ0v) is 8.04. The lowest BCUT2D eigenvalue weighted by atomic mass is 10.2. The third kappa shape index (κ3) is 2.45. The minimum Gasteiger partial charge on any atom is -0.368 e. The van der Waals surface area contributed by atoms with Crippen LogP contribution in [0.3, 0.4) is 0 Å². The molecule has 0 spiro atoms. The van der Waals surface area contributed by atoms with Crippen LogP contribution in [0.25, 0.3) is 0 Å². The highest BCUT2D eigenvalue weighted by Crippen LogP contribution is 2.31. The van der Waals surface area contributed by atoms with Crippen molar-refractivity contribution in [1.29, 1.82) is 0 Å². The first-order chi connectivity index (χ1) is 6.40. The third-order valence-corrected chi connectivity index (χ3v) is 2.45. The van der Waals surface area contributed by atoms with Crippen LogP contribution in [0.4, 0.5) is 0 Å². The Morgan fingerprint density at radius 2 is 2.08 bits per heavy atom. The molecule has 1 aromatic carbocycles. The van der Waals surface area contributed by atoms with Gasteiger partial charge in [-0.3, -0.25) is 0 Å². The lowest BCUT2D eigenvalue weighted by molar-refractivity contribution is -0.160. The van der Waals surface area contributed by atoms with Gasteiger partial charge in [0.15, 0.2) is 0 Å². The molecule has 2 rings (SSSR count). The molecule has 1 atom stereocenters. The molecule has 0 aromatic heterocycles. The highest BCUT2D eigenvalue weighted by atomic mass is 32.2. The fourth-order valence-electron chi connectivity index (χ4n) is 1.05. The summed E-state index contributed by atoms with van der Waals surface area (Å²) in [5.41, 5.74) is 1.22. The number of rotatable bonds is 4. The quantitative estimate of drug-likeness (QED) is 0.321. The van der Waals surface area contributed by atoms with Gasteiger partial charge < -0.3 is 4.74 Å². The number of epoxide rings is 1. The van der Waals surface area contributed by atoms with Crippen molar-refractivity contribution in [1.82, 2.24) is 0 Å². The van der Waals surface area contributed by atoms with Gasteiger partial charge >= 0.3 is 0 Å². The Labute approximate surface area is 81.1 Å². The molecule has 1 aromatic rings. The van der Waals surface area contributed by atoms with Crippen LogP contribution in [0.1, 0.15) is 11.7 Å². The minimum absolute atomic E-state index is 0.322. The predicted molar refractivity (Wildman–Crippen MR) is 49.1 cm³/mol. The fourth-order valence-corrected chi connectivity index (χ4v) is 1.45. The highest BCUT2D eigenvalue weighted by molar-refractivity contribution is 7.94. The van der Waals surface area contributed by atoms with Crippen LogP contribution < -0.4 is 0 Å². The van der Waals surface area contributed by atoms with Gasteiger partial charge in [0.25, 0.3) is 0 Å². The zero-order chi connectivity index (χ0) is 9.10. The van der Waals surface area contributed by atoms with Crippen molar-refractivity contribution in [3.63, 3.8) is 0 Å². The molecule has 1 saturated heterocycles. The molecule has 1 fully saturated rings. The monoisotopic (exact) mass is 198 g/mol. The lowest BCUT2D eigenvalue weighted by Gasteiger charge is -1.99. The van der Waals surface area contributed by atoms with Crippen LogP contribution in [0, 0.1) is 0 Å². The Morgan fingerprint density at radius 3 is 2.62 bits per heavy atom. The average Bonchev–Trinajstić information content (AvgIpc) is 2.99. The van der Waals surface area contributed by atoms with Gasteiger partial charge in [0, 0.05) is 4.90 Å². The van der Waals surface area contributed by atoms with Crippen molar-refractivity contribution >= 4 is 12.0 Å². The van der Waals surface area contributed by atoms with Gasteiger partial charge in [-0.25, -0.2) is 4.89 Å². The van der Waals surface area contributed by atoms with Gasteiger partial charge in [0.2, 0.25) is 0 Å². The van der Waals surface area contributed by atoms with E-state index < -0.39 is 0 Å². The summed E-state index contributed by atoms with van der Waals surface area (Å²) in [6.07, 6.45) is 0.322. The van der Waals surface area contributed by atoms with Crippen molar-refractivity contribution in [2.24, 2.45) is 0 Å². The SMILES string of the molecule is COOSc1ccc(C2CO2)cc1. The standard InChI is InChI=1S/C9H10O3S/c1-10-12-13-8-4-2-7(3-5-8)9-6-11-9/h2-5,9H,6H2,1H3. The Morgan fingerprint density at radius 1 is 1.38 bits per heavy atom. The van der Waals surface area contributed by atoms with Crippen LogP contribution in [0.2, 0.25) is 0 Å². The molecule has 1 aliphatic heterocycles. The predicted octanol–water partition coefficient (Wildman–Crippen LogP) is 2.34. The van der Waals surface area contributed by atoms with Crippen molar-refractivity contribution in [2.45, 2.75) is 11.0 Å². The Hall–Kier alpha value is -0.550. The van der Waals surface area contributed by atoms with Crippen LogP contribution in [-0.2, 0) is 14.0 Å². The van der Waals surface area contributed by atoms with Crippen molar-refractivity contribution < 1.29 is 14.0 Å². The van der Waals surface area contributed by atoms with Gasteiger partial charge in [-0.15, -0.1) is 0 Å². The van der Waals surface area contributed by atoms with Gasteiger partial charge in [-0.2, -0.15) is 4.33 Å². The first-order valence-corrected chi connectivity index (χ1v) is 4.73. The summed E-state index contributed by atoms with van der Waals surface area (Å²) in [4.78, 5) is 5.49. The minimum atomic E-state index is 0.322. The summed E-state index contributed by atoms with van der Waals surface area (Å²) in [6.45, 7) is 0.848. The van der Waals surface area contributed by atoms with Gasteiger partial charge in [-0.1, -0.05) is 12.1 Å². The molecular formula is C9H10O3S. The lowest BCUT2D eigenvalue weighted by Crippen LogP contribution is -1.81. The topological polar surface area (TPSA) is 31.0 Å². The summed E-state index contributed by atoms with van der Waals surface area (Å²) < 4.78 is 9.87. The van der Waals surface area contributed by atoms with E-state index in [0.29, 0.717) is 6.10 Å². The molecule has 0 radical (unpaired) electrons. The average molecular weight is 198 g/mol. The van der Waals surface area contributed by atoms with Crippen LogP contribution in [0.5, 0.6) is 0 Å². The zero-order valence-electron chi connectivity index (χ0n) is 7.23. The van der Waals surface area contributed by atoms with E-state index >= 15 is 0 Å². The molecular weight excluding hydrogens is 188 g/mol. The molecule has 70 valence electrons. The molecule has 0 saturated carbocycles. The Kier molecular flexibility index (Phi) is 2.85. The first kappa shape index (κ1) is 9.02. The summed E-state index contributed by atoms with van der Waals surface area (Å²) in [6, 6.07) is 8.06. The second-order valence-electron chi connectivity index (χ2n) is 2.71. The van der Waals surface area contributed by atoms with Crippen LogP contribution >= 0.6 is 12.0 Å². The molecule has 0 bridgehead atoms. The van der Waals surface area contributed by atoms with Crippen molar-refractivity contribution in [2.75, 3.05) is 13.7 Å². The molecule has 0 amide bonds. The first-order valence-electron chi connectivity index (χ1n) is 3.99. The number of hydrogen-bond donors (Lipinski definition) is 0. The van der Waals surface area contributed by atoms with E-state index in [1.807, 2.05) is 24.3 Å². The Balaban J connectivity index is 1.96. The largest absolute Gasteiger partial charge is 0.368 e. The molecule has 1 aliphatic rings. The van der Waals surface area contributed by atoms with Gasteiger partial charge in [0.1, 0.15) is 6.10 Å². The van der Waals surface area contributed by atoms with E-state index in [2.05, 4.69) is 4.89 Å². The fraction of sp³-hybridized carbons (Fsp3) is 0.333. The summed E-state index contributed by atoms with van der Waals surface area (Å²) in [7, 11) is 1.49. The summed E-state index contributed by atoms with van der Waals surface area (Å²) in [5, 5.41) is 0. The maximum Gasteiger partial charge on any atom is 0.106 e. The smallest absolute Gasteiger partial charge is 0.106 e. The van der Waals surface area contributed by atoms with E-state index in [0.717, 1.165) is 11.5 Å². The highest BCUT2D eigenvalue weighted by Gasteiger charge is 2.24. The van der Waals surface area contributed by atoms with Crippen molar-refractivity contribution in [3.05, 3.63) is 29.8 Å². The van der Waals surface area contributed by atoms with Crippen molar-refractivity contribution in [3.8, 4) is 0 Å². The van der Waals surface area contributed by atoms with E-state index in [-0.39, 0.29) is 0 Å². The molecule has 0 aliphatic carbocycles. The van der Waals surface area contributed by atoms with Gasteiger partial charge in [0.05, 0.1) is 25.8 Å². The number of ether oxygens (including phenoxy) is 1. The third-order valence-electron chi connectivity index (χ3n) is 1.78. The maximum absolute atomic E-state index is 5.15.